The molecule has 2 aromatic carbocycles. The Labute approximate surface area is 175 Å². The first kappa shape index (κ1) is 22.0. The van der Waals surface area contributed by atoms with E-state index in [4.69, 9.17) is 9.47 Å². The average Bonchev–Trinajstić information content (AvgIpc) is 2.77. The Balaban J connectivity index is 1.64. The molecule has 0 aliphatic carbocycles. The number of nitrogens with zero attached hydrogens (tertiary/aromatic N) is 1. The Kier molecular flexibility index (Phi) is 6.94. The Morgan fingerprint density at radius 1 is 1.13 bits per heavy atom. The highest BCUT2D eigenvalue weighted by Gasteiger charge is 2.33. The standard InChI is InChI=1S/C21H25FN2O5S/c1-28-19-10-5-15(12-20(19)29-2)13-23-21(25)16-4-3-11-24(14-16)30(26,27)18-8-6-17(22)7-9-18/h5-10,12,16H,3-4,11,13-14H2,1-2H3,(H,23,25)/t16-/m1/s1. The predicted molar refractivity (Wildman–Crippen MR) is 109 cm³/mol. The fraction of sp³-hybridized carbons (Fsp3) is 0.381. The number of carbonyl (C=O) groups excluding carboxylic acids is 1. The van der Waals surface area contributed by atoms with Crippen molar-refractivity contribution in [3.63, 3.8) is 0 Å². The average molecular weight is 437 g/mol. The van der Waals surface area contributed by atoms with Gasteiger partial charge in [-0.3, -0.25) is 4.79 Å². The van der Waals surface area contributed by atoms with E-state index in [1.165, 1.54) is 16.4 Å². The van der Waals surface area contributed by atoms with E-state index in [0.717, 1.165) is 17.7 Å². The first-order valence-electron chi connectivity index (χ1n) is 9.59. The maximum absolute atomic E-state index is 13.1. The third-order valence-electron chi connectivity index (χ3n) is 5.12. The van der Waals surface area contributed by atoms with Crippen molar-refractivity contribution in [2.75, 3.05) is 27.3 Å². The number of piperidine rings is 1. The van der Waals surface area contributed by atoms with Gasteiger partial charge in [0, 0.05) is 19.6 Å². The number of hydrogen-bond donors (Lipinski definition) is 1. The molecule has 1 atom stereocenters. The summed E-state index contributed by atoms with van der Waals surface area (Å²) in [5.41, 5.74) is 0.840. The number of amides is 1. The second kappa shape index (κ2) is 9.44. The molecule has 2 aromatic rings. The molecule has 1 aliphatic heterocycles. The minimum absolute atomic E-state index is 0.0234. The highest BCUT2D eigenvalue weighted by molar-refractivity contribution is 7.89. The largest absolute Gasteiger partial charge is 0.493 e. The molecule has 3 rings (SSSR count). The maximum Gasteiger partial charge on any atom is 0.243 e. The first-order chi connectivity index (χ1) is 14.3. The summed E-state index contributed by atoms with van der Waals surface area (Å²) >= 11 is 0. The summed E-state index contributed by atoms with van der Waals surface area (Å²) in [4.78, 5) is 12.7. The SMILES string of the molecule is COc1ccc(CNC(=O)[C@@H]2CCCN(S(=O)(=O)c3ccc(F)cc3)C2)cc1OC. The highest BCUT2D eigenvalue weighted by atomic mass is 32.2. The second-order valence-corrected chi connectivity index (χ2v) is 9.00. The Morgan fingerprint density at radius 2 is 1.83 bits per heavy atom. The van der Waals surface area contributed by atoms with Crippen molar-refractivity contribution < 1.29 is 27.1 Å². The number of hydrogen-bond acceptors (Lipinski definition) is 5. The lowest BCUT2D eigenvalue weighted by atomic mass is 9.98. The Hall–Kier alpha value is -2.65. The molecule has 1 heterocycles. The zero-order valence-corrected chi connectivity index (χ0v) is 17.7. The van der Waals surface area contributed by atoms with Crippen LogP contribution >= 0.6 is 0 Å². The fourth-order valence-electron chi connectivity index (χ4n) is 3.45. The van der Waals surface area contributed by atoms with Gasteiger partial charge in [-0.05, 0) is 54.8 Å². The second-order valence-electron chi connectivity index (χ2n) is 7.06. The predicted octanol–water partition coefficient (Wildman–Crippen LogP) is 2.56. The van der Waals surface area contributed by atoms with E-state index in [1.807, 2.05) is 6.07 Å². The lowest BCUT2D eigenvalue weighted by Crippen LogP contribution is -2.45. The molecule has 0 radical (unpaired) electrons. The van der Waals surface area contributed by atoms with Crippen LogP contribution in [0.2, 0.25) is 0 Å². The Bertz CT molecular complexity index is 995. The van der Waals surface area contributed by atoms with E-state index in [9.17, 15) is 17.6 Å². The van der Waals surface area contributed by atoms with Crippen LogP contribution in [0.15, 0.2) is 47.4 Å². The molecule has 30 heavy (non-hydrogen) atoms. The van der Waals surface area contributed by atoms with Gasteiger partial charge in [0.05, 0.1) is 25.0 Å². The fourth-order valence-corrected chi connectivity index (χ4v) is 4.98. The molecule has 1 N–H and O–H groups in total. The number of sulfonamides is 1. The smallest absolute Gasteiger partial charge is 0.243 e. The van der Waals surface area contributed by atoms with Gasteiger partial charge in [0.25, 0.3) is 0 Å². The number of nitrogens with one attached hydrogen (secondary N) is 1. The van der Waals surface area contributed by atoms with Gasteiger partial charge in [-0.2, -0.15) is 4.31 Å². The number of halogens is 1. The molecule has 0 bridgehead atoms. The molecular weight excluding hydrogens is 411 g/mol. The highest BCUT2D eigenvalue weighted by Crippen LogP contribution is 2.28. The number of ether oxygens (including phenoxy) is 2. The van der Waals surface area contributed by atoms with Gasteiger partial charge in [-0.1, -0.05) is 6.07 Å². The van der Waals surface area contributed by atoms with E-state index in [2.05, 4.69) is 5.32 Å². The third-order valence-corrected chi connectivity index (χ3v) is 7.00. The van der Waals surface area contributed by atoms with Crippen molar-refractivity contribution in [2.24, 2.45) is 5.92 Å². The quantitative estimate of drug-likeness (QED) is 0.721. The van der Waals surface area contributed by atoms with Gasteiger partial charge in [-0.25, -0.2) is 12.8 Å². The number of rotatable bonds is 7. The van der Waals surface area contributed by atoms with Crippen LogP contribution in [0, 0.1) is 11.7 Å². The molecule has 9 heteroatoms. The molecule has 1 fully saturated rings. The van der Waals surface area contributed by atoms with Crippen LogP contribution in [0.25, 0.3) is 0 Å². The molecule has 1 saturated heterocycles. The van der Waals surface area contributed by atoms with Crippen LogP contribution in [0.1, 0.15) is 18.4 Å². The van der Waals surface area contributed by atoms with Crippen molar-refractivity contribution in [1.82, 2.24) is 9.62 Å². The van der Waals surface area contributed by atoms with Crippen molar-refractivity contribution in [2.45, 2.75) is 24.3 Å². The summed E-state index contributed by atoms with van der Waals surface area (Å²) in [6.45, 7) is 0.719. The summed E-state index contributed by atoms with van der Waals surface area (Å²) in [6.07, 6.45) is 1.18. The number of carbonyl (C=O) groups is 1. The van der Waals surface area contributed by atoms with Crippen LogP contribution in [0.3, 0.4) is 0 Å². The zero-order valence-electron chi connectivity index (χ0n) is 16.9. The normalized spacial score (nSPS) is 17.4. The molecule has 0 unspecified atom stereocenters. The topological polar surface area (TPSA) is 84.9 Å². The van der Waals surface area contributed by atoms with Gasteiger partial charge >= 0.3 is 0 Å². The molecule has 0 aromatic heterocycles. The lowest BCUT2D eigenvalue weighted by molar-refractivity contribution is -0.126. The Morgan fingerprint density at radius 3 is 2.50 bits per heavy atom. The van der Waals surface area contributed by atoms with Gasteiger partial charge in [0.2, 0.25) is 15.9 Å². The lowest BCUT2D eigenvalue weighted by Gasteiger charge is -2.31. The molecular formula is C21H25FN2O5S. The van der Waals surface area contributed by atoms with Gasteiger partial charge < -0.3 is 14.8 Å². The van der Waals surface area contributed by atoms with E-state index >= 15 is 0 Å². The molecule has 0 spiro atoms. The number of methoxy groups -OCH3 is 2. The van der Waals surface area contributed by atoms with Crippen LogP contribution < -0.4 is 14.8 Å². The van der Waals surface area contributed by atoms with Crippen molar-refractivity contribution in [3.8, 4) is 11.5 Å². The van der Waals surface area contributed by atoms with Crippen LogP contribution in [0.5, 0.6) is 11.5 Å². The molecule has 0 saturated carbocycles. The summed E-state index contributed by atoms with van der Waals surface area (Å²) in [6, 6.07) is 10.1. The van der Waals surface area contributed by atoms with E-state index in [0.29, 0.717) is 37.4 Å². The van der Waals surface area contributed by atoms with Crippen molar-refractivity contribution >= 4 is 15.9 Å². The monoisotopic (exact) mass is 436 g/mol. The van der Waals surface area contributed by atoms with Crippen LogP contribution in [-0.2, 0) is 21.4 Å². The minimum atomic E-state index is -3.77. The van der Waals surface area contributed by atoms with Gasteiger partial charge in [-0.15, -0.1) is 0 Å². The molecule has 1 aliphatic rings. The molecule has 7 nitrogen and oxygen atoms in total. The van der Waals surface area contributed by atoms with Crippen LogP contribution in [-0.4, -0.2) is 45.9 Å². The first-order valence-corrected chi connectivity index (χ1v) is 11.0. The molecule has 1 amide bonds. The van der Waals surface area contributed by atoms with Crippen molar-refractivity contribution in [3.05, 3.63) is 53.8 Å². The van der Waals surface area contributed by atoms with Crippen LogP contribution in [0.4, 0.5) is 4.39 Å². The zero-order chi connectivity index (χ0) is 21.7. The summed E-state index contributed by atoms with van der Waals surface area (Å²) < 4.78 is 50.5. The van der Waals surface area contributed by atoms with E-state index < -0.39 is 21.8 Å². The minimum Gasteiger partial charge on any atom is -0.493 e. The van der Waals surface area contributed by atoms with Gasteiger partial charge in [0.15, 0.2) is 11.5 Å². The van der Waals surface area contributed by atoms with E-state index in [1.54, 1.807) is 26.4 Å². The third kappa shape index (κ3) is 4.91. The van der Waals surface area contributed by atoms with Crippen molar-refractivity contribution in [1.29, 1.82) is 0 Å². The van der Waals surface area contributed by atoms with Gasteiger partial charge in [0.1, 0.15) is 5.82 Å². The molecule has 162 valence electrons. The maximum atomic E-state index is 13.1. The number of benzene rings is 2. The summed E-state index contributed by atoms with van der Waals surface area (Å²) in [5.74, 6) is 0.0119. The summed E-state index contributed by atoms with van der Waals surface area (Å²) in [5, 5.41) is 2.87. The van der Waals surface area contributed by atoms with E-state index in [-0.39, 0.29) is 17.3 Å². The summed E-state index contributed by atoms with van der Waals surface area (Å²) in [7, 11) is -0.683.